The standard InChI is InChI=1S/C17H24N2O4S/c1-2-19(15-7-10-24(21,22)13-15)17(20)11-18-8-9-23-12-14-5-3-4-6-16(14)18/h3-6,15H,2,7-13H2,1H3. The molecule has 0 aromatic heterocycles. The van der Waals surface area contributed by atoms with Gasteiger partial charge in [0.2, 0.25) is 5.91 Å². The van der Waals surface area contributed by atoms with Gasteiger partial charge in [-0.15, -0.1) is 0 Å². The quantitative estimate of drug-likeness (QED) is 0.811. The molecule has 3 rings (SSSR count). The van der Waals surface area contributed by atoms with Gasteiger partial charge in [-0.25, -0.2) is 8.42 Å². The summed E-state index contributed by atoms with van der Waals surface area (Å²) in [5.41, 5.74) is 2.10. The van der Waals surface area contributed by atoms with Crippen LogP contribution in [-0.2, 0) is 26.0 Å². The number of carbonyl (C=O) groups is 1. The molecule has 1 saturated heterocycles. The Bertz CT molecular complexity index is 704. The summed E-state index contributed by atoms with van der Waals surface area (Å²) < 4.78 is 29.0. The average Bonchev–Trinajstić information content (AvgIpc) is 2.79. The van der Waals surface area contributed by atoms with Crippen molar-refractivity contribution in [3.63, 3.8) is 0 Å². The predicted molar refractivity (Wildman–Crippen MR) is 92.8 cm³/mol. The van der Waals surface area contributed by atoms with Crippen molar-refractivity contribution in [2.24, 2.45) is 0 Å². The minimum atomic E-state index is -3.00. The van der Waals surface area contributed by atoms with E-state index in [2.05, 4.69) is 0 Å². The summed E-state index contributed by atoms with van der Waals surface area (Å²) >= 11 is 0. The van der Waals surface area contributed by atoms with E-state index in [1.54, 1.807) is 4.90 Å². The molecule has 132 valence electrons. The number of hydrogen-bond donors (Lipinski definition) is 0. The van der Waals surface area contributed by atoms with Crippen LogP contribution in [0.4, 0.5) is 5.69 Å². The molecule has 2 aliphatic heterocycles. The van der Waals surface area contributed by atoms with E-state index in [1.807, 2.05) is 36.1 Å². The van der Waals surface area contributed by atoms with E-state index in [1.165, 1.54) is 0 Å². The van der Waals surface area contributed by atoms with Crippen LogP contribution in [0.25, 0.3) is 0 Å². The van der Waals surface area contributed by atoms with E-state index in [9.17, 15) is 13.2 Å². The lowest BCUT2D eigenvalue weighted by Gasteiger charge is -2.31. The molecule has 7 heteroatoms. The molecule has 0 N–H and O–H groups in total. The number of fused-ring (bicyclic) bond motifs is 1. The fourth-order valence-corrected chi connectivity index (χ4v) is 5.23. The summed E-state index contributed by atoms with van der Waals surface area (Å²) in [6, 6.07) is 7.76. The van der Waals surface area contributed by atoms with Gasteiger partial charge in [-0.1, -0.05) is 18.2 Å². The van der Waals surface area contributed by atoms with Crippen LogP contribution in [0.5, 0.6) is 0 Å². The summed E-state index contributed by atoms with van der Waals surface area (Å²) in [5.74, 6) is 0.255. The third-order valence-corrected chi connectivity index (χ3v) is 6.48. The number of sulfone groups is 1. The molecule has 1 fully saturated rings. The fourth-order valence-electron chi connectivity index (χ4n) is 3.50. The molecule has 0 aliphatic carbocycles. The number of ether oxygens (including phenoxy) is 1. The second-order valence-electron chi connectivity index (χ2n) is 6.34. The maximum atomic E-state index is 12.8. The summed E-state index contributed by atoms with van der Waals surface area (Å²) in [5, 5.41) is 0. The van der Waals surface area contributed by atoms with E-state index < -0.39 is 9.84 Å². The van der Waals surface area contributed by atoms with Crippen LogP contribution in [0.2, 0.25) is 0 Å². The monoisotopic (exact) mass is 352 g/mol. The minimum Gasteiger partial charge on any atom is -0.375 e. The molecule has 0 saturated carbocycles. The smallest absolute Gasteiger partial charge is 0.242 e. The van der Waals surface area contributed by atoms with Crippen LogP contribution in [0.1, 0.15) is 18.9 Å². The maximum absolute atomic E-state index is 12.8. The van der Waals surface area contributed by atoms with Crippen molar-refractivity contribution in [2.75, 3.05) is 42.6 Å². The number of rotatable bonds is 4. The summed E-state index contributed by atoms with van der Waals surface area (Å²) in [4.78, 5) is 16.6. The number of nitrogens with zero attached hydrogens (tertiary/aromatic N) is 2. The van der Waals surface area contributed by atoms with Crippen molar-refractivity contribution in [1.29, 1.82) is 0 Å². The van der Waals surface area contributed by atoms with Crippen LogP contribution in [0.15, 0.2) is 24.3 Å². The molecule has 1 aromatic carbocycles. The average molecular weight is 352 g/mol. The highest BCUT2D eigenvalue weighted by molar-refractivity contribution is 7.91. The van der Waals surface area contributed by atoms with Crippen molar-refractivity contribution in [2.45, 2.75) is 26.0 Å². The summed E-state index contributed by atoms with van der Waals surface area (Å²) in [6.07, 6.45) is 0.543. The van der Waals surface area contributed by atoms with Crippen LogP contribution in [0, 0.1) is 0 Å². The third-order valence-electron chi connectivity index (χ3n) is 4.73. The molecule has 1 amide bonds. The number of para-hydroxylation sites is 1. The molecular formula is C17H24N2O4S. The number of carbonyl (C=O) groups excluding carboxylic acids is 1. The number of benzene rings is 1. The second kappa shape index (κ2) is 7.11. The molecule has 1 unspecified atom stereocenters. The van der Waals surface area contributed by atoms with Gasteiger partial charge in [-0.2, -0.15) is 0 Å². The van der Waals surface area contributed by atoms with Crippen LogP contribution in [0.3, 0.4) is 0 Å². The molecule has 1 atom stereocenters. The lowest BCUT2D eigenvalue weighted by molar-refractivity contribution is -0.131. The molecule has 2 aliphatic rings. The van der Waals surface area contributed by atoms with Crippen molar-refractivity contribution in [3.8, 4) is 0 Å². The number of anilines is 1. The Morgan fingerprint density at radius 3 is 2.88 bits per heavy atom. The van der Waals surface area contributed by atoms with Gasteiger partial charge in [0, 0.05) is 30.4 Å². The molecule has 2 heterocycles. The van der Waals surface area contributed by atoms with Crippen LogP contribution < -0.4 is 4.90 Å². The first-order chi connectivity index (χ1) is 11.5. The second-order valence-corrected chi connectivity index (χ2v) is 8.57. The highest BCUT2D eigenvalue weighted by Crippen LogP contribution is 2.24. The number of amides is 1. The first-order valence-electron chi connectivity index (χ1n) is 8.40. The Labute approximate surface area is 143 Å². The summed E-state index contributed by atoms with van der Waals surface area (Å²) in [6.45, 7) is 4.48. The minimum absolute atomic E-state index is 0.0173. The molecule has 0 bridgehead atoms. The van der Waals surface area contributed by atoms with Crippen LogP contribution in [-0.4, -0.2) is 63.0 Å². The zero-order chi connectivity index (χ0) is 17.2. The van der Waals surface area contributed by atoms with Gasteiger partial charge in [0.25, 0.3) is 0 Å². The highest BCUT2D eigenvalue weighted by atomic mass is 32.2. The molecular weight excluding hydrogens is 328 g/mol. The molecule has 0 spiro atoms. The van der Waals surface area contributed by atoms with E-state index >= 15 is 0 Å². The van der Waals surface area contributed by atoms with Gasteiger partial charge in [0.1, 0.15) is 0 Å². The molecule has 0 radical (unpaired) electrons. The van der Waals surface area contributed by atoms with E-state index in [4.69, 9.17) is 4.74 Å². The Morgan fingerprint density at radius 2 is 2.17 bits per heavy atom. The molecule has 24 heavy (non-hydrogen) atoms. The predicted octanol–water partition coefficient (Wildman–Crippen LogP) is 1.06. The zero-order valence-corrected chi connectivity index (χ0v) is 14.8. The van der Waals surface area contributed by atoms with Crippen LogP contribution >= 0.6 is 0 Å². The van der Waals surface area contributed by atoms with Crippen molar-refractivity contribution < 1.29 is 17.9 Å². The van der Waals surface area contributed by atoms with Crippen molar-refractivity contribution in [1.82, 2.24) is 4.90 Å². The van der Waals surface area contributed by atoms with E-state index in [0.29, 0.717) is 32.7 Å². The van der Waals surface area contributed by atoms with Gasteiger partial charge in [0.15, 0.2) is 9.84 Å². The Kier molecular flexibility index (Phi) is 5.10. The Balaban J connectivity index is 1.74. The van der Waals surface area contributed by atoms with E-state index in [0.717, 1.165) is 11.3 Å². The SMILES string of the molecule is CCN(C(=O)CN1CCOCc2ccccc21)C1CCS(=O)(=O)C1. The number of likely N-dealkylation sites (N-methyl/N-ethyl adjacent to an activating group) is 1. The Hall–Kier alpha value is -1.60. The third kappa shape index (κ3) is 3.72. The van der Waals surface area contributed by atoms with Gasteiger partial charge in [-0.05, 0) is 19.4 Å². The molecule has 1 aromatic rings. The lowest BCUT2D eigenvalue weighted by atomic mass is 10.1. The highest BCUT2D eigenvalue weighted by Gasteiger charge is 2.34. The zero-order valence-electron chi connectivity index (χ0n) is 14.0. The fraction of sp³-hybridized carbons (Fsp3) is 0.588. The molecule has 6 nitrogen and oxygen atoms in total. The number of hydrogen-bond acceptors (Lipinski definition) is 5. The topological polar surface area (TPSA) is 66.9 Å². The van der Waals surface area contributed by atoms with Gasteiger partial charge >= 0.3 is 0 Å². The maximum Gasteiger partial charge on any atom is 0.242 e. The summed E-state index contributed by atoms with van der Waals surface area (Å²) in [7, 11) is -3.00. The Morgan fingerprint density at radius 1 is 1.38 bits per heavy atom. The van der Waals surface area contributed by atoms with Gasteiger partial charge in [-0.3, -0.25) is 4.79 Å². The normalized spacial score (nSPS) is 22.7. The van der Waals surface area contributed by atoms with E-state index in [-0.39, 0.29) is 30.0 Å². The van der Waals surface area contributed by atoms with Gasteiger partial charge in [0.05, 0.1) is 31.3 Å². The first-order valence-corrected chi connectivity index (χ1v) is 10.2. The van der Waals surface area contributed by atoms with Gasteiger partial charge < -0.3 is 14.5 Å². The first kappa shape index (κ1) is 17.2. The van der Waals surface area contributed by atoms with Crippen molar-refractivity contribution >= 4 is 21.4 Å². The largest absolute Gasteiger partial charge is 0.375 e. The lowest BCUT2D eigenvalue weighted by Crippen LogP contribution is -2.46. The van der Waals surface area contributed by atoms with Crippen molar-refractivity contribution in [3.05, 3.63) is 29.8 Å².